The normalized spacial score (nSPS) is 27.7. The van der Waals surface area contributed by atoms with Gasteiger partial charge in [0.25, 0.3) is 0 Å². The van der Waals surface area contributed by atoms with E-state index in [1.807, 2.05) is 6.07 Å². The number of ether oxygens (including phenoxy) is 1. The number of carbonyl (C=O) groups excluding carboxylic acids is 1. The van der Waals surface area contributed by atoms with Crippen LogP contribution in [-0.4, -0.2) is 36.6 Å². The maximum atomic E-state index is 11.7. The van der Waals surface area contributed by atoms with Crippen LogP contribution in [0.15, 0.2) is 11.1 Å². The number of piperidine rings is 1. The van der Waals surface area contributed by atoms with E-state index in [2.05, 4.69) is 11.9 Å². The van der Waals surface area contributed by atoms with Gasteiger partial charge in [0, 0.05) is 12.1 Å². The van der Waals surface area contributed by atoms with Gasteiger partial charge in [-0.05, 0) is 45.2 Å². The second kappa shape index (κ2) is 4.89. The predicted molar refractivity (Wildman–Crippen MR) is 63.1 cm³/mol. The molecule has 2 saturated heterocycles. The number of esters is 1. The van der Waals surface area contributed by atoms with Gasteiger partial charge in [0.2, 0.25) is 0 Å². The Labute approximate surface area is 102 Å². The molecule has 2 bridgehead atoms. The van der Waals surface area contributed by atoms with Crippen molar-refractivity contribution in [2.24, 2.45) is 0 Å². The molecule has 0 spiro atoms. The largest absolute Gasteiger partial charge is 0.462 e. The summed E-state index contributed by atoms with van der Waals surface area (Å²) in [6.07, 6.45) is 4.03. The molecule has 0 N–H and O–H groups in total. The highest BCUT2D eigenvalue weighted by molar-refractivity contribution is 5.93. The first-order valence-corrected chi connectivity index (χ1v) is 6.18. The lowest BCUT2D eigenvalue weighted by molar-refractivity contribution is -0.138. The van der Waals surface area contributed by atoms with Gasteiger partial charge in [-0.15, -0.1) is 0 Å². The highest BCUT2D eigenvalue weighted by Crippen LogP contribution is 2.38. The lowest BCUT2D eigenvalue weighted by atomic mass is 9.93. The summed E-state index contributed by atoms with van der Waals surface area (Å²) in [7, 11) is 2.13. The van der Waals surface area contributed by atoms with Crippen molar-refractivity contribution in [2.75, 3.05) is 13.7 Å². The maximum absolute atomic E-state index is 11.7. The van der Waals surface area contributed by atoms with Crippen LogP contribution in [0.4, 0.5) is 0 Å². The molecule has 0 aromatic rings. The summed E-state index contributed by atoms with van der Waals surface area (Å²) in [5.74, 6) is -0.450. The Bertz CT molecular complexity index is 379. The summed E-state index contributed by atoms with van der Waals surface area (Å²) in [5.41, 5.74) is 1.24. The zero-order valence-corrected chi connectivity index (χ0v) is 10.4. The number of nitrogens with zero attached hydrogens (tertiary/aromatic N) is 2. The Morgan fingerprint density at radius 2 is 2.06 bits per heavy atom. The van der Waals surface area contributed by atoms with Crippen molar-refractivity contribution >= 4 is 5.97 Å². The molecule has 2 aliphatic rings. The smallest absolute Gasteiger partial charge is 0.348 e. The molecule has 2 unspecified atom stereocenters. The van der Waals surface area contributed by atoms with Crippen LogP contribution in [-0.2, 0) is 9.53 Å². The van der Waals surface area contributed by atoms with E-state index in [1.165, 1.54) is 12.8 Å². The lowest BCUT2D eigenvalue weighted by Gasteiger charge is -2.33. The molecule has 0 aromatic heterocycles. The summed E-state index contributed by atoms with van der Waals surface area (Å²) in [4.78, 5) is 14.1. The van der Waals surface area contributed by atoms with E-state index in [9.17, 15) is 4.79 Å². The Morgan fingerprint density at radius 3 is 2.53 bits per heavy atom. The fourth-order valence-electron chi connectivity index (χ4n) is 2.91. The lowest BCUT2D eigenvalue weighted by Crippen LogP contribution is -2.37. The fraction of sp³-hybridized carbons (Fsp3) is 0.692. The zero-order valence-electron chi connectivity index (χ0n) is 10.4. The molecule has 0 aliphatic carbocycles. The van der Waals surface area contributed by atoms with Crippen LogP contribution in [0.3, 0.4) is 0 Å². The van der Waals surface area contributed by atoms with Gasteiger partial charge in [-0.25, -0.2) is 4.79 Å². The van der Waals surface area contributed by atoms with Crippen molar-refractivity contribution in [1.82, 2.24) is 4.90 Å². The van der Waals surface area contributed by atoms with Crippen LogP contribution in [0.25, 0.3) is 0 Å². The number of rotatable bonds is 2. The van der Waals surface area contributed by atoms with Crippen molar-refractivity contribution in [1.29, 1.82) is 5.26 Å². The number of hydrogen-bond acceptors (Lipinski definition) is 4. The quantitative estimate of drug-likeness (QED) is 0.414. The van der Waals surface area contributed by atoms with E-state index in [-0.39, 0.29) is 5.57 Å². The second-order valence-corrected chi connectivity index (χ2v) is 4.77. The molecule has 4 heteroatoms. The summed E-state index contributed by atoms with van der Waals surface area (Å²) in [6.45, 7) is 2.08. The molecular formula is C13H18N2O2. The van der Waals surface area contributed by atoms with Gasteiger partial charge in [-0.3, -0.25) is 4.90 Å². The molecule has 0 saturated carbocycles. The SMILES string of the molecule is CCOC(=O)C(C#N)=C1CC2CCC(C1)N2C. The van der Waals surface area contributed by atoms with Gasteiger partial charge in [0.1, 0.15) is 11.6 Å². The first-order chi connectivity index (χ1) is 8.17. The van der Waals surface area contributed by atoms with E-state index in [0.717, 1.165) is 18.4 Å². The number of nitriles is 1. The van der Waals surface area contributed by atoms with Crippen LogP contribution < -0.4 is 0 Å². The second-order valence-electron chi connectivity index (χ2n) is 4.77. The van der Waals surface area contributed by atoms with E-state index >= 15 is 0 Å². The summed E-state index contributed by atoms with van der Waals surface area (Å²) in [6, 6.07) is 3.03. The van der Waals surface area contributed by atoms with Crippen LogP contribution in [0.5, 0.6) is 0 Å². The van der Waals surface area contributed by atoms with Crippen molar-refractivity contribution in [3.05, 3.63) is 11.1 Å². The fourth-order valence-corrected chi connectivity index (χ4v) is 2.91. The molecule has 0 radical (unpaired) electrons. The molecule has 17 heavy (non-hydrogen) atoms. The molecule has 2 aliphatic heterocycles. The van der Waals surface area contributed by atoms with E-state index in [0.29, 0.717) is 18.7 Å². The molecule has 4 nitrogen and oxygen atoms in total. The van der Waals surface area contributed by atoms with E-state index < -0.39 is 5.97 Å². The van der Waals surface area contributed by atoms with Gasteiger partial charge in [0.05, 0.1) is 6.61 Å². The Kier molecular flexibility index (Phi) is 3.49. The minimum atomic E-state index is -0.450. The maximum Gasteiger partial charge on any atom is 0.348 e. The van der Waals surface area contributed by atoms with Crippen molar-refractivity contribution in [3.63, 3.8) is 0 Å². The van der Waals surface area contributed by atoms with Crippen LogP contribution in [0, 0.1) is 11.3 Å². The Morgan fingerprint density at radius 1 is 1.47 bits per heavy atom. The van der Waals surface area contributed by atoms with Gasteiger partial charge < -0.3 is 4.74 Å². The highest BCUT2D eigenvalue weighted by Gasteiger charge is 2.37. The minimum Gasteiger partial charge on any atom is -0.462 e. The standard InChI is InChI=1S/C13H18N2O2/c1-3-17-13(16)12(8-14)9-6-10-4-5-11(7-9)15(10)2/h10-11H,3-7H2,1-2H3. The molecule has 2 atom stereocenters. The molecule has 92 valence electrons. The third-order valence-corrected chi connectivity index (χ3v) is 3.89. The molecule has 2 heterocycles. The van der Waals surface area contributed by atoms with E-state index in [4.69, 9.17) is 10.00 Å². The monoisotopic (exact) mass is 234 g/mol. The predicted octanol–water partition coefficient (Wildman–Crippen LogP) is 1.63. The van der Waals surface area contributed by atoms with Crippen molar-refractivity contribution in [3.8, 4) is 6.07 Å². The van der Waals surface area contributed by atoms with Gasteiger partial charge in [0.15, 0.2) is 0 Å². The molecule has 2 rings (SSSR count). The minimum absolute atomic E-state index is 0.247. The van der Waals surface area contributed by atoms with Crippen LogP contribution in [0.1, 0.15) is 32.6 Å². The Balaban J connectivity index is 2.21. The average Bonchev–Trinajstić information content (AvgIpc) is 2.54. The first kappa shape index (κ1) is 12.1. The van der Waals surface area contributed by atoms with Gasteiger partial charge in [-0.2, -0.15) is 5.26 Å². The molecule has 2 fully saturated rings. The van der Waals surface area contributed by atoms with Crippen molar-refractivity contribution < 1.29 is 9.53 Å². The topological polar surface area (TPSA) is 53.3 Å². The number of fused-ring (bicyclic) bond motifs is 2. The molecular weight excluding hydrogens is 216 g/mol. The third-order valence-electron chi connectivity index (χ3n) is 3.89. The van der Waals surface area contributed by atoms with E-state index in [1.54, 1.807) is 6.92 Å². The average molecular weight is 234 g/mol. The van der Waals surface area contributed by atoms with Crippen LogP contribution >= 0.6 is 0 Å². The highest BCUT2D eigenvalue weighted by atomic mass is 16.5. The number of hydrogen-bond donors (Lipinski definition) is 0. The van der Waals surface area contributed by atoms with Crippen LogP contribution in [0.2, 0.25) is 0 Å². The summed E-state index contributed by atoms with van der Waals surface area (Å²) in [5, 5.41) is 9.11. The van der Waals surface area contributed by atoms with Crippen molar-refractivity contribution in [2.45, 2.75) is 44.7 Å². The first-order valence-electron chi connectivity index (χ1n) is 6.18. The van der Waals surface area contributed by atoms with Gasteiger partial charge >= 0.3 is 5.97 Å². The number of carbonyl (C=O) groups is 1. The van der Waals surface area contributed by atoms with Gasteiger partial charge in [-0.1, -0.05) is 0 Å². The third kappa shape index (κ3) is 2.20. The molecule has 0 amide bonds. The summed E-state index contributed by atoms with van der Waals surface area (Å²) < 4.78 is 4.93. The molecule has 0 aromatic carbocycles. The Hall–Kier alpha value is -1.34. The zero-order chi connectivity index (χ0) is 12.4. The summed E-state index contributed by atoms with van der Waals surface area (Å²) >= 11 is 0.